The first-order chi connectivity index (χ1) is 10.6. The molecule has 3 rings (SSSR count). The zero-order chi connectivity index (χ0) is 15.7. The normalized spacial score (nSPS) is 17.6. The summed E-state index contributed by atoms with van der Waals surface area (Å²) in [4.78, 5) is 27.7. The number of carboxylic acid groups (broad SMARTS) is 1. The number of hydrogen-bond acceptors (Lipinski definition) is 6. The maximum Gasteiger partial charge on any atom is 0.326 e. The summed E-state index contributed by atoms with van der Waals surface area (Å²) in [5.41, 5.74) is 1.51. The fourth-order valence-electron chi connectivity index (χ4n) is 2.54. The van der Waals surface area contributed by atoms with Crippen molar-refractivity contribution in [3.63, 3.8) is 0 Å². The number of carboxylic acids is 1. The smallest absolute Gasteiger partial charge is 0.326 e. The van der Waals surface area contributed by atoms with Gasteiger partial charge in [0, 0.05) is 29.6 Å². The molecule has 0 spiro atoms. The molecule has 1 fully saturated rings. The Labute approximate surface area is 130 Å². The van der Waals surface area contributed by atoms with Gasteiger partial charge < -0.3 is 10.0 Å². The summed E-state index contributed by atoms with van der Waals surface area (Å²) < 4.78 is 0. The topological polar surface area (TPSA) is 96.6 Å². The molecule has 1 N–H and O–H groups in total. The lowest BCUT2D eigenvalue weighted by Crippen LogP contribution is -2.35. The standard InChI is InChI=1S/C14H13N3O4S/c18-13(19)12-2-1-7-16(12)14-15-11(8-22-14)9-3-5-10(6-4-9)17(20)21/h3-6,8,12H,1-2,7H2,(H,18,19). The minimum atomic E-state index is -0.829. The number of nitrogens with zero attached hydrogens (tertiary/aromatic N) is 3. The lowest BCUT2D eigenvalue weighted by molar-refractivity contribution is -0.384. The molecule has 1 atom stereocenters. The van der Waals surface area contributed by atoms with Gasteiger partial charge in [0.15, 0.2) is 5.13 Å². The summed E-state index contributed by atoms with van der Waals surface area (Å²) in [5.74, 6) is -0.829. The largest absolute Gasteiger partial charge is 0.480 e. The molecule has 1 aliphatic heterocycles. The Balaban J connectivity index is 1.84. The molecule has 0 amide bonds. The van der Waals surface area contributed by atoms with Gasteiger partial charge in [-0.2, -0.15) is 0 Å². The molecular formula is C14H13N3O4S. The number of carbonyl (C=O) groups is 1. The minimum absolute atomic E-state index is 0.0321. The van der Waals surface area contributed by atoms with Crippen molar-refractivity contribution in [3.8, 4) is 11.3 Å². The van der Waals surface area contributed by atoms with Gasteiger partial charge in [-0.05, 0) is 25.0 Å². The Morgan fingerprint density at radius 3 is 2.77 bits per heavy atom. The first-order valence-corrected chi connectivity index (χ1v) is 7.64. The summed E-state index contributed by atoms with van der Waals surface area (Å²) in [7, 11) is 0. The van der Waals surface area contributed by atoms with E-state index >= 15 is 0 Å². The molecule has 1 aromatic carbocycles. The van der Waals surface area contributed by atoms with Crippen molar-refractivity contribution >= 4 is 28.1 Å². The second-order valence-electron chi connectivity index (χ2n) is 5.01. The monoisotopic (exact) mass is 319 g/mol. The van der Waals surface area contributed by atoms with E-state index in [0.717, 1.165) is 12.0 Å². The number of hydrogen-bond donors (Lipinski definition) is 1. The number of nitro groups is 1. The molecule has 1 unspecified atom stereocenters. The maximum atomic E-state index is 11.2. The average Bonchev–Trinajstić information content (AvgIpc) is 3.16. The van der Waals surface area contributed by atoms with E-state index in [-0.39, 0.29) is 5.69 Å². The number of aromatic nitrogens is 1. The number of nitro benzene ring substituents is 1. The van der Waals surface area contributed by atoms with Crippen molar-refractivity contribution in [1.29, 1.82) is 0 Å². The molecule has 1 aromatic heterocycles. The van der Waals surface area contributed by atoms with Crippen LogP contribution in [0.5, 0.6) is 0 Å². The van der Waals surface area contributed by atoms with Crippen LogP contribution in [-0.4, -0.2) is 33.6 Å². The number of thiazole rings is 1. The fourth-order valence-corrected chi connectivity index (χ4v) is 3.45. The third-order valence-electron chi connectivity index (χ3n) is 3.65. The Kier molecular flexibility index (Phi) is 3.76. The molecule has 0 radical (unpaired) electrons. The number of rotatable bonds is 4. The van der Waals surface area contributed by atoms with E-state index in [0.29, 0.717) is 23.8 Å². The highest BCUT2D eigenvalue weighted by Gasteiger charge is 2.32. The van der Waals surface area contributed by atoms with Gasteiger partial charge in [0.1, 0.15) is 6.04 Å². The van der Waals surface area contributed by atoms with Gasteiger partial charge in [0.05, 0.1) is 10.6 Å². The van der Waals surface area contributed by atoms with Crippen molar-refractivity contribution in [2.24, 2.45) is 0 Å². The van der Waals surface area contributed by atoms with Gasteiger partial charge in [0.25, 0.3) is 5.69 Å². The van der Waals surface area contributed by atoms with Gasteiger partial charge in [0.2, 0.25) is 0 Å². The Morgan fingerprint density at radius 2 is 2.14 bits per heavy atom. The Morgan fingerprint density at radius 1 is 1.41 bits per heavy atom. The number of non-ortho nitro benzene ring substituents is 1. The van der Waals surface area contributed by atoms with E-state index in [1.165, 1.54) is 23.5 Å². The Hall–Kier alpha value is -2.48. The average molecular weight is 319 g/mol. The summed E-state index contributed by atoms with van der Waals surface area (Å²) in [6.07, 6.45) is 1.46. The molecule has 22 heavy (non-hydrogen) atoms. The van der Waals surface area contributed by atoms with E-state index in [9.17, 15) is 20.0 Å². The van der Waals surface area contributed by atoms with Crippen molar-refractivity contribution in [3.05, 3.63) is 39.8 Å². The van der Waals surface area contributed by atoms with Crippen molar-refractivity contribution in [1.82, 2.24) is 4.98 Å². The van der Waals surface area contributed by atoms with Crippen LogP contribution in [0.2, 0.25) is 0 Å². The predicted octanol–water partition coefficient (Wildman–Crippen LogP) is 2.77. The van der Waals surface area contributed by atoms with Crippen LogP contribution in [0, 0.1) is 10.1 Å². The second-order valence-corrected chi connectivity index (χ2v) is 5.85. The van der Waals surface area contributed by atoms with Gasteiger partial charge in [-0.3, -0.25) is 10.1 Å². The third kappa shape index (κ3) is 2.64. The van der Waals surface area contributed by atoms with Crippen LogP contribution in [0.1, 0.15) is 12.8 Å². The van der Waals surface area contributed by atoms with Crippen LogP contribution in [0.4, 0.5) is 10.8 Å². The lowest BCUT2D eigenvalue weighted by atomic mass is 10.1. The van der Waals surface area contributed by atoms with E-state index < -0.39 is 16.9 Å². The van der Waals surface area contributed by atoms with Crippen LogP contribution >= 0.6 is 11.3 Å². The second kappa shape index (κ2) is 5.72. The Bertz CT molecular complexity index is 713. The first-order valence-electron chi connectivity index (χ1n) is 6.76. The van der Waals surface area contributed by atoms with E-state index in [1.807, 2.05) is 10.3 Å². The molecule has 0 saturated carbocycles. The SMILES string of the molecule is O=C(O)C1CCCN1c1nc(-c2ccc([N+](=O)[O-])cc2)cs1. The van der Waals surface area contributed by atoms with Crippen LogP contribution in [0.15, 0.2) is 29.6 Å². The van der Waals surface area contributed by atoms with Gasteiger partial charge >= 0.3 is 5.97 Å². The zero-order valence-corrected chi connectivity index (χ0v) is 12.3. The van der Waals surface area contributed by atoms with Crippen molar-refractivity contribution in [2.75, 3.05) is 11.4 Å². The predicted molar refractivity (Wildman–Crippen MR) is 82.2 cm³/mol. The summed E-state index contributed by atoms with van der Waals surface area (Å²) in [6.45, 7) is 0.685. The first kappa shape index (κ1) is 14.5. The van der Waals surface area contributed by atoms with Crippen LogP contribution < -0.4 is 4.90 Å². The minimum Gasteiger partial charge on any atom is -0.480 e. The van der Waals surface area contributed by atoms with Crippen molar-refractivity contribution in [2.45, 2.75) is 18.9 Å². The molecule has 114 valence electrons. The molecule has 8 heteroatoms. The zero-order valence-electron chi connectivity index (χ0n) is 11.5. The molecular weight excluding hydrogens is 306 g/mol. The summed E-state index contributed by atoms with van der Waals surface area (Å²) in [5, 5.41) is 22.4. The molecule has 0 bridgehead atoms. The van der Waals surface area contributed by atoms with Crippen molar-refractivity contribution < 1.29 is 14.8 Å². The highest BCUT2D eigenvalue weighted by molar-refractivity contribution is 7.14. The molecule has 1 aliphatic rings. The highest BCUT2D eigenvalue weighted by Crippen LogP contribution is 2.32. The fraction of sp³-hybridized carbons (Fsp3) is 0.286. The summed E-state index contributed by atoms with van der Waals surface area (Å²) >= 11 is 1.39. The maximum absolute atomic E-state index is 11.2. The molecule has 2 heterocycles. The number of benzene rings is 1. The van der Waals surface area contributed by atoms with E-state index in [1.54, 1.807) is 12.1 Å². The van der Waals surface area contributed by atoms with Crippen LogP contribution in [0.25, 0.3) is 11.3 Å². The van der Waals surface area contributed by atoms with E-state index in [2.05, 4.69) is 4.98 Å². The van der Waals surface area contributed by atoms with Gasteiger partial charge in [-0.25, -0.2) is 9.78 Å². The van der Waals surface area contributed by atoms with Crippen LogP contribution in [-0.2, 0) is 4.79 Å². The molecule has 7 nitrogen and oxygen atoms in total. The molecule has 1 saturated heterocycles. The summed E-state index contributed by atoms with van der Waals surface area (Å²) in [6, 6.07) is 5.65. The number of anilines is 1. The van der Waals surface area contributed by atoms with Gasteiger partial charge in [-0.1, -0.05) is 0 Å². The third-order valence-corrected chi connectivity index (χ3v) is 4.53. The van der Waals surface area contributed by atoms with Crippen LogP contribution in [0.3, 0.4) is 0 Å². The number of aliphatic carboxylic acids is 1. The molecule has 0 aliphatic carbocycles. The lowest BCUT2D eigenvalue weighted by Gasteiger charge is -2.19. The highest BCUT2D eigenvalue weighted by atomic mass is 32.1. The van der Waals surface area contributed by atoms with E-state index in [4.69, 9.17) is 0 Å². The molecule has 2 aromatic rings. The van der Waals surface area contributed by atoms with Gasteiger partial charge in [-0.15, -0.1) is 11.3 Å². The quantitative estimate of drug-likeness (QED) is 0.687.